The van der Waals surface area contributed by atoms with Crippen LogP contribution in [0.15, 0.2) is 48.5 Å². The van der Waals surface area contributed by atoms with Crippen LogP contribution in [0.3, 0.4) is 0 Å². The van der Waals surface area contributed by atoms with E-state index < -0.39 is 8.25 Å². The number of hydrogen-bond donors (Lipinski definition) is 1. The molecule has 1 heterocycles. The normalized spacial score (nSPS) is 12.2. The van der Waals surface area contributed by atoms with Crippen molar-refractivity contribution in [2.75, 3.05) is 6.61 Å². The predicted molar refractivity (Wildman–Crippen MR) is 75.2 cm³/mol. The van der Waals surface area contributed by atoms with Crippen LogP contribution in [-0.4, -0.2) is 16.1 Å². The van der Waals surface area contributed by atoms with Gasteiger partial charge in [-0.3, -0.25) is 0 Å². The summed E-state index contributed by atoms with van der Waals surface area (Å²) in [5.74, 6) is 0. The first-order chi connectivity index (χ1) is 9.27. The minimum Gasteiger partial charge on any atom is -0.338 e. The lowest BCUT2D eigenvalue weighted by Crippen LogP contribution is -2.02. The first kappa shape index (κ1) is 12.3. The molecule has 0 spiro atoms. The summed E-state index contributed by atoms with van der Waals surface area (Å²) in [6, 6.07) is 16.3. The van der Waals surface area contributed by atoms with Gasteiger partial charge in [-0.2, -0.15) is 0 Å². The quantitative estimate of drug-likeness (QED) is 0.741. The largest absolute Gasteiger partial charge is 0.694 e. The molecule has 1 unspecified atom stereocenters. The highest BCUT2D eigenvalue weighted by Gasteiger charge is 2.14. The third-order valence-electron chi connectivity index (χ3n) is 3.20. The van der Waals surface area contributed by atoms with Gasteiger partial charge in [0.2, 0.25) is 0 Å². The highest BCUT2D eigenvalue weighted by molar-refractivity contribution is 7.32. The molecular weight excluding hydrogens is 261 g/mol. The third kappa shape index (κ3) is 2.26. The zero-order valence-electron chi connectivity index (χ0n) is 10.2. The van der Waals surface area contributed by atoms with Crippen molar-refractivity contribution in [3.05, 3.63) is 48.5 Å². The van der Waals surface area contributed by atoms with E-state index in [4.69, 9.17) is 9.42 Å². The van der Waals surface area contributed by atoms with Gasteiger partial charge in [0.05, 0.1) is 6.54 Å². The topological polar surface area (TPSA) is 51.5 Å². The standard InChI is InChI=1S/C14H12NO3P/c16-19(17)18-10-9-15-13-7-3-1-5-11(13)12-6-2-4-8-14(12)15/h1-8H,9-10H2/p+1. The molecule has 0 amide bonds. The molecule has 3 rings (SSSR count). The Morgan fingerprint density at radius 1 is 1.00 bits per heavy atom. The zero-order chi connectivity index (χ0) is 13.2. The first-order valence-electron chi connectivity index (χ1n) is 6.02. The maximum Gasteiger partial charge on any atom is 0.694 e. The van der Waals surface area contributed by atoms with E-state index >= 15 is 0 Å². The zero-order valence-corrected chi connectivity index (χ0v) is 11.1. The van der Waals surface area contributed by atoms with Crippen LogP contribution in [0, 0.1) is 0 Å². The van der Waals surface area contributed by atoms with Gasteiger partial charge in [0.25, 0.3) is 0 Å². The molecule has 1 N–H and O–H groups in total. The minimum absolute atomic E-state index is 0.217. The van der Waals surface area contributed by atoms with E-state index in [-0.39, 0.29) is 6.61 Å². The van der Waals surface area contributed by atoms with Crippen molar-refractivity contribution >= 4 is 30.1 Å². The second-order valence-corrected chi connectivity index (χ2v) is 4.99. The summed E-state index contributed by atoms with van der Waals surface area (Å²) in [7, 11) is -2.53. The summed E-state index contributed by atoms with van der Waals surface area (Å²) < 4.78 is 17.4. The molecule has 0 aliphatic carbocycles. The van der Waals surface area contributed by atoms with E-state index in [2.05, 4.69) is 16.7 Å². The number of rotatable bonds is 4. The van der Waals surface area contributed by atoms with Crippen molar-refractivity contribution < 1.29 is 14.0 Å². The van der Waals surface area contributed by atoms with Crippen LogP contribution in [0.1, 0.15) is 0 Å². The van der Waals surface area contributed by atoms with Gasteiger partial charge in [0.15, 0.2) is 0 Å². The van der Waals surface area contributed by atoms with Crippen molar-refractivity contribution in [3.63, 3.8) is 0 Å². The molecule has 96 valence electrons. The molecular formula is C14H13NO3P+. The summed E-state index contributed by atoms with van der Waals surface area (Å²) >= 11 is 0. The van der Waals surface area contributed by atoms with E-state index in [9.17, 15) is 4.57 Å². The Labute approximate surface area is 111 Å². The lowest BCUT2D eigenvalue weighted by Gasteiger charge is -2.03. The third-order valence-corrected chi connectivity index (χ3v) is 3.60. The van der Waals surface area contributed by atoms with Gasteiger partial charge in [0, 0.05) is 26.4 Å². The fourth-order valence-electron chi connectivity index (χ4n) is 2.45. The Balaban J connectivity index is 2.11. The fraction of sp³-hybridized carbons (Fsp3) is 0.143. The van der Waals surface area contributed by atoms with Crippen molar-refractivity contribution in [2.24, 2.45) is 0 Å². The number of hydrogen-bond acceptors (Lipinski definition) is 2. The van der Waals surface area contributed by atoms with Gasteiger partial charge in [0.1, 0.15) is 6.61 Å². The van der Waals surface area contributed by atoms with Gasteiger partial charge in [-0.1, -0.05) is 36.4 Å². The first-order valence-corrected chi connectivity index (χ1v) is 7.15. The SMILES string of the molecule is O=[P+](O)OCCn1c2ccccc2c2ccccc21. The van der Waals surface area contributed by atoms with Crippen molar-refractivity contribution in [3.8, 4) is 0 Å². The number of nitrogens with zero attached hydrogens (tertiary/aromatic N) is 1. The summed E-state index contributed by atoms with van der Waals surface area (Å²) in [6.45, 7) is 0.768. The average molecular weight is 274 g/mol. The van der Waals surface area contributed by atoms with Crippen LogP contribution in [0.25, 0.3) is 21.8 Å². The van der Waals surface area contributed by atoms with Gasteiger partial charge >= 0.3 is 8.25 Å². The molecule has 0 saturated carbocycles. The summed E-state index contributed by atoms with van der Waals surface area (Å²) in [4.78, 5) is 8.69. The van der Waals surface area contributed by atoms with E-state index in [1.165, 1.54) is 10.8 Å². The average Bonchev–Trinajstić information content (AvgIpc) is 2.74. The molecule has 5 heteroatoms. The highest BCUT2D eigenvalue weighted by atomic mass is 31.1. The number of benzene rings is 2. The second-order valence-electron chi connectivity index (χ2n) is 4.26. The molecule has 0 radical (unpaired) electrons. The molecule has 2 aromatic carbocycles. The maximum absolute atomic E-state index is 10.6. The molecule has 4 nitrogen and oxygen atoms in total. The smallest absolute Gasteiger partial charge is 0.338 e. The second kappa shape index (κ2) is 5.10. The van der Waals surface area contributed by atoms with E-state index in [1.807, 2.05) is 36.4 Å². The molecule has 0 saturated heterocycles. The molecule has 0 fully saturated rings. The van der Waals surface area contributed by atoms with Crippen molar-refractivity contribution in [2.45, 2.75) is 6.54 Å². The van der Waals surface area contributed by atoms with E-state index in [0.717, 1.165) is 11.0 Å². The maximum atomic E-state index is 10.6. The van der Waals surface area contributed by atoms with Crippen LogP contribution in [0.4, 0.5) is 0 Å². The van der Waals surface area contributed by atoms with Crippen molar-refractivity contribution in [1.29, 1.82) is 0 Å². The predicted octanol–water partition coefficient (Wildman–Crippen LogP) is 3.46. The Morgan fingerprint density at radius 3 is 2.05 bits per heavy atom. The highest BCUT2D eigenvalue weighted by Crippen LogP contribution is 2.28. The summed E-state index contributed by atoms with van der Waals surface area (Å²) in [5.41, 5.74) is 2.22. The van der Waals surface area contributed by atoms with E-state index in [0.29, 0.717) is 6.54 Å². The number of aromatic nitrogens is 1. The van der Waals surface area contributed by atoms with Gasteiger partial charge < -0.3 is 4.57 Å². The Bertz CT molecular complexity index is 697. The van der Waals surface area contributed by atoms with Gasteiger partial charge in [-0.15, -0.1) is 9.42 Å². The van der Waals surface area contributed by atoms with Crippen LogP contribution >= 0.6 is 8.25 Å². The van der Waals surface area contributed by atoms with Crippen LogP contribution in [-0.2, 0) is 15.6 Å². The van der Waals surface area contributed by atoms with Crippen LogP contribution in [0.2, 0.25) is 0 Å². The number of para-hydroxylation sites is 2. The Hall–Kier alpha value is -1.74. The molecule has 0 aliphatic heterocycles. The molecule has 0 bridgehead atoms. The van der Waals surface area contributed by atoms with Crippen molar-refractivity contribution in [1.82, 2.24) is 4.57 Å². The monoisotopic (exact) mass is 274 g/mol. The molecule has 0 aliphatic rings. The Morgan fingerprint density at radius 2 is 1.53 bits per heavy atom. The van der Waals surface area contributed by atoms with Gasteiger partial charge in [-0.05, 0) is 12.1 Å². The lowest BCUT2D eigenvalue weighted by molar-refractivity contribution is 0.271. The molecule has 19 heavy (non-hydrogen) atoms. The number of fused-ring (bicyclic) bond motifs is 3. The lowest BCUT2D eigenvalue weighted by atomic mass is 10.2. The fourth-order valence-corrected chi connectivity index (χ4v) is 2.69. The molecule has 3 aromatic rings. The van der Waals surface area contributed by atoms with Gasteiger partial charge in [-0.25, -0.2) is 0 Å². The molecule has 1 aromatic heterocycles. The van der Waals surface area contributed by atoms with Crippen LogP contribution in [0.5, 0.6) is 0 Å². The minimum atomic E-state index is -2.53. The van der Waals surface area contributed by atoms with Crippen LogP contribution < -0.4 is 0 Å². The molecule has 1 atom stereocenters. The Kier molecular flexibility index (Phi) is 3.30. The summed E-state index contributed by atoms with van der Waals surface area (Å²) in [6.07, 6.45) is 0. The summed E-state index contributed by atoms with van der Waals surface area (Å²) in [5, 5.41) is 2.37. The van der Waals surface area contributed by atoms with E-state index in [1.54, 1.807) is 0 Å².